The maximum Gasteiger partial charge on any atom is 1.00 e. The largest absolute Gasteiger partial charge is 1.00 e. The topological polar surface area (TPSA) is 223 Å². The summed E-state index contributed by atoms with van der Waals surface area (Å²) in [5, 5.41) is 39.9. The molecule has 0 amide bonds. The van der Waals surface area contributed by atoms with Crippen LogP contribution >= 0.6 is 22.7 Å². The summed E-state index contributed by atoms with van der Waals surface area (Å²) in [4.78, 5) is 1.12. The Balaban J connectivity index is 0.000000270. The van der Waals surface area contributed by atoms with Crippen LogP contribution in [0.5, 0.6) is 21.6 Å². The molecule has 0 fully saturated rings. The van der Waals surface area contributed by atoms with Gasteiger partial charge in [-0.05, 0) is 61.0 Å². The first-order valence-electron chi connectivity index (χ1n) is 14.1. The molecule has 4 aromatic carbocycles. The van der Waals surface area contributed by atoms with Crippen LogP contribution in [0.1, 0.15) is 9.75 Å². The van der Waals surface area contributed by atoms with E-state index in [0.29, 0.717) is 43.0 Å². The van der Waals surface area contributed by atoms with Gasteiger partial charge in [0.05, 0.1) is 24.0 Å². The molecular formula is C32H26N4Na2O10S4. The first kappa shape index (κ1) is 43.4. The van der Waals surface area contributed by atoms with Crippen molar-refractivity contribution < 1.29 is 105 Å². The fourth-order valence-corrected chi connectivity index (χ4v) is 7.11. The number of hydrogen-bond acceptors (Lipinski definition) is 16. The number of phenols is 2. The Labute approximate surface area is 351 Å². The van der Waals surface area contributed by atoms with E-state index in [0.717, 1.165) is 9.75 Å². The third-order valence-corrected chi connectivity index (χ3v) is 10.8. The van der Waals surface area contributed by atoms with E-state index < -0.39 is 20.2 Å². The summed E-state index contributed by atoms with van der Waals surface area (Å²) in [6.45, 7) is 3.74. The van der Waals surface area contributed by atoms with Crippen LogP contribution in [-0.2, 0) is 20.2 Å². The van der Waals surface area contributed by atoms with Crippen molar-refractivity contribution in [2.45, 2.75) is 23.6 Å². The summed E-state index contributed by atoms with van der Waals surface area (Å²) < 4.78 is 77.2. The van der Waals surface area contributed by atoms with Crippen molar-refractivity contribution in [2.24, 2.45) is 20.5 Å². The predicted molar refractivity (Wildman–Crippen MR) is 187 cm³/mol. The summed E-state index contributed by atoms with van der Waals surface area (Å²) in [6, 6.07) is 16.9. The van der Waals surface area contributed by atoms with Gasteiger partial charge in [-0.2, -0.15) is 0 Å². The molecule has 2 N–H and O–H groups in total. The van der Waals surface area contributed by atoms with E-state index >= 15 is 0 Å². The second-order valence-electron chi connectivity index (χ2n) is 10.4. The molecule has 52 heavy (non-hydrogen) atoms. The van der Waals surface area contributed by atoms with Crippen molar-refractivity contribution in [3.63, 3.8) is 0 Å². The molecule has 6 rings (SSSR count). The number of aryl methyl sites for hydroxylation is 2. The van der Waals surface area contributed by atoms with Gasteiger partial charge in [0.25, 0.3) is 0 Å². The Kier molecular flexibility index (Phi) is 14.9. The Hall–Kier alpha value is -2.98. The van der Waals surface area contributed by atoms with Gasteiger partial charge < -0.3 is 28.8 Å². The third-order valence-electron chi connectivity index (χ3n) is 7.12. The number of phenolic OH excluding ortho intramolecular Hbond substituents is 2. The van der Waals surface area contributed by atoms with Crippen LogP contribution in [0.2, 0.25) is 0 Å². The molecule has 2 heterocycles. The van der Waals surface area contributed by atoms with Crippen molar-refractivity contribution in [2.75, 3.05) is 14.2 Å². The zero-order valence-electron chi connectivity index (χ0n) is 28.5. The number of thiophene rings is 2. The Morgan fingerprint density at radius 3 is 1.25 bits per heavy atom. The summed E-state index contributed by atoms with van der Waals surface area (Å²) in [7, 11) is -5.99. The van der Waals surface area contributed by atoms with E-state index in [-0.39, 0.29) is 91.8 Å². The van der Waals surface area contributed by atoms with E-state index in [1.54, 1.807) is 26.4 Å². The SMILES string of the molecule is COc1cc(N=Nc2c(O)ccc3cc(S(=O)(=O)[O-])ccc23)c(C)s1.COc1cc(N=Nc2c(O)ccc3cc(S(=O)(=O)[O-])ccc23)c(C)s1.[Na+].[Na+]. The van der Waals surface area contributed by atoms with E-state index in [1.807, 2.05) is 13.8 Å². The van der Waals surface area contributed by atoms with Gasteiger partial charge in [-0.15, -0.1) is 43.1 Å². The van der Waals surface area contributed by atoms with Gasteiger partial charge in [0.1, 0.15) is 54.5 Å². The monoisotopic (exact) mass is 800 g/mol. The number of nitrogens with zero attached hydrogens (tertiary/aromatic N) is 4. The molecule has 20 heteroatoms. The second-order valence-corrected chi connectivity index (χ2v) is 15.6. The van der Waals surface area contributed by atoms with Gasteiger partial charge in [0.2, 0.25) is 0 Å². The second kappa shape index (κ2) is 17.9. The molecular weight excluding hydrogens is 775 g/mol. The van der Waals surface area contributed by atoms with E-state index in [4.69, 9.17) is 9.47 Å². The van der Waals surface area contributed by atoms with Crippen LogP contribution in [0.25, 0.3) is 21.5 Å². The zero-order chi connectivity index (χ0) is 36.4. The van der Waals surface area contributed by atoms with Crippen LogP contribution in [0, 0.1) is 13.8 Å². The van der Waals surface area contributed by atoms with Gasteiger partial charge >= 0.3 is 59.1 Å². The molecule has 0 unspecified atom stereocenters. The number of fused-ring (bicyclic) bond motifs is 2. The maximum atomic E-state index is 11.1. The van der Waals surface area contributed by atoms with Gasteiger partial charge in [-0.25, -0.2) is 16.8 Å². The van der Waals surface area contributed by atoms with Gasteiger partial charge in [0, 0.05) is 32.7 Å². The maximum absolute atomic E-state index is 11.1. The van der Waals surface area contributed by atoms with Gasteiger partial charge in [0.15, 0.2) is 10.1 Å². The Morgan fingerprint density at radius 1 is 0.577 bits per heavy atom. The number of rotatable bonds is 8. The van der Waals surface area contributed by atoms with Crippen molar-refractivity contribution in [1.82, 2.24) is 0 Å². The molecule has 0 aliphatic heterocycles. The molecule has 0 aliphatic rings. The van der Waals surface area contributed by atoms with E-state index in [2.05, 4.69) is 20.5 Å². The van der Waals surface area contributed by atoms with E-state index in [9.17, 15) is 36.2 Å². The van der Waals surface area contributed by atoms with Crippen LogP contribution in [0.4, 0.5) is 22.7 Å². The Bertz CT molecular complexity index is 2360. The van der Waals surface area contributed by atoms with Crippen LogP contribution < -0.4 is 68.6 Å². The fourth-order valence-electron chi connectivity index (χ4n) is 4.58. The van der Waals surface area contributed by atoms with Gasteiger partial charge in [-0.3, -0.25) is 0 Å². The normalized spacial score (nSPS) is 11.7. The molecule has 0 spiro atoms. The van der Waals surface area contributed by atoms with Crippen molar-refractivity contribution >= 4 is 87.2 Å². The average Bonchev–Trinajstić information content (AvgIpc) is 3.63. The quantitative estimate of drug-likeness (QED) is 0.130. The predicted octanol–water partition coefficient (Wildman–Crippen LogP) is 2.49. The van der Waals surface area contributed by atoms with Crippen LogP contribution in [0.3, 0.4) is 0 Å². The number of methoxy groups -OCH3 is 2. The van der Waals surface area contributed by atoms with Crippen LogP contribution in [-0.4, -0.2) is 50.4 Å². The molecule has 0 saturated carbocycles. The number of benzene rings is 4. The smallest absolute Gasteiger partial charge is 0.744 e. The molecule has 0 aliphatic carbocycles. The molecule has 2 aromatic heterocycles. The van der Waals surface area contributed by atoms with Crippen LogP contribution in [0.15, 0.2) is 103 Å². The van der Waals surface area contributed by atoms with Gasteiger partial charge in [-0.1, -0.05) is 24.3 Å². The zero-order valence-corrected chi connectivity index (χ0v) is 35.8. The molecule has 14 nitrogen and oxygen atoms in total. The van der Waals surface area contributed by atoms with Crippen molar-refractivity contribution in [3.05, 3.63) is 82.6 Å². The number of azo groups is 2. The molecule has 260 valence electrons. The first-order chi connectivity index (χ1) is 23.6. The Morgan fingerprint density at radius 2 is 0.942 bits per heavy atom. The number of ether oxygens (including phenoxy) is 2. The van der Waals surface area contributed by atoms with Crippen molar-refractivity contribution in [1.29, 1.82) is 0 Å². The number of hydrogen-bond donors (Lipinski definition) is 2. The average molecular weight is 801 g/mol. The summed E-state index contributed by atoms with van der Waals surface area (Å²) >= 11 is 2.84. The fraction of sp³-hybridized carbons (Fsp3) is 0.125. The molecule has 0 bridgehead atoms. The third kappa shape index (κ3) is 10.2. The summed E-state index contributed by atoms with van der Waals surface area (Å²) in [5.41, 5.74) is 1.60. The minimum atomic E-state index is -4.56. The minimum absolute atomic E-state index is 0. The minimum Gasteiger partial charge on any atom is -0.744 e. The summed E-state index contributed by atoms with van der Waals surface area (Å²) in [6.07, 6.45) is 0. The number of aromatic hydroxyl groups is 2. The van der Waals surface area contributed by atoms with Crippen molar-refractivity contribution in [3.8, 4) is 21.6 Å². The molecule has 0 atom stereocenters. The molecule has 0 radical (unpaired) electrons. The molecule has 6 aromatic rings. The summed E-state index contributed by atoms with van der Waals surface area (Å²) in [5.74, 6) is -0.206. The standard InChI is InChI=1S/2C16H14N2O5S2.2Na/c2*1-9-13(8-15(23-2)24-9)17-18-16-12-5-4-11(25(20,21)22)7-10(12)3-6-14(16)19;;/h2*3-8,19H,1-2H3,(H,20,21,22);;/q;;2*+1/p-2. The molecule has 0 saturated heterocycles. The van der Waals surface area contributed by atoms with E-state index in [1.165, 1.54) is 83.3 Å². The first-order valence-corrected chi connectivity index (χ1v) is 18.6.